The zero-order valence-electron chi connectivity index (χ0n) is 25.5. The average Bonchev–Trinajstić information content (AvgIpc) is 3.61. The third kappa shape index (κ3) is 4.06. The second-order valence-corrected chi connectivity index (χ2v) is 11.9. The van der Waals surface area contributed by atoms with Gasteiger partial charge in [-0.25, -0.2) is 4.98 Å². The Morgan fingerprint density at radius 1 is 0.435 bits per heavy atom. The quantitative estimate of drug-likeness (QED) is 0.205. The van der Waals surface area contributed by atoms with Crippen molar-refractivity contribution >= 4 is 43.6 Å². The van der Waals surface area contributed by atoms with Crippen LogP contribution in [0.25, 0.3) is 78.0 Å². The highest BCUT2D eigenvalue weighted by molar-refractivity contribution is 6.26. The number of aryl methyl sites for hydroxylation is 2. The molecule has 218 valence electrons. The van der Waals surface area contributed by atoms with E-state index in [0.717, 1.165) is 33.2 Å². The minimum Gasteiger partial charge on any atom is -0.309 e. The molecule has 0 fully saturated rings. The van der Waals surface area contributed by atoms with Crippen LogP contribution >= 0.6 is 0 Å². The molecule has 0 saturated carbocycles. The Hall–Kier alpha value is -6.07. The van der Waals surface area contributed by atoms with Crippen molar-refractivity contribution in [1.82, 2.24) is 24.1 Å². The number of para-hydroxylation sites is 1. The Labute approximate surface area is 266 Å². The van der Waals surface area contributed by atoms with Crippen molar-refractivity contribution in [2.45, 2.75) is 13.8 Å². The van der Waals surface area contributed by atoms with Crippen LogP contribution in [0.2, 0.25) is 0 Å². The molecule has 0 unspecified atom stereocenters. The second kappa shape index (κ2) is 10.2. The van der Waals surface area contributed by atoms with Gasteiger partial charge >= 0.3 is 0 Å². The third-order valence-electron chi connectivity index (χ3n) is 8.87. The van der Waals surface area contributed by atoms with Crippen molar-refractivity contribution in [3.8, 4) is 34.4 Å². The fraction of sp³-hybridized carbons (Fsp3) is 0.0488. The topological polar surface area (TPSA) is 48.5 Å². The minimum atomic E-state index is 0.593. The largest absolute Gasteiger partial charge is 0.309 e. The first-order valence-electron chi connectivity index (χ1n) is 15.6. The lowest BCUT2D eigenvalue weighted by atomic mass is 10.1. The SMILES string of the molecule is Cc1ccc2c3c(ccc4c5ccc(C)cc5n(-c5ccccc5)c43)n(-c3nc(-c4ccccc4)nc(-c4ccccc4)n3)c2c1. The first kappa shape index (κ1) is 26.3. The molecule has 0 N–H and O–H groups in total. The van der Waals surface area contributed by atoms with Crippen LogP contribution in [0.5, 0.6) is 0 Å². The van der Waals surface area contributed by atoms with E-state index in [2.05, 4.69) is 102 Å². The molecule has 0 aliphatic carbocycles. The summed E-state index contributed by atoms with van der Waals surface area (Å²) < 4.78 is 4.64. The van der Waals surface area contributed by atoms with E-state index in [1.165, 1.54) is 38.3 Å². The number of nitrogens with zero attached hydrogens (tertiary/aromatic N) is 5. The zero-order chi connectivity index (χ0) is 30.8. The van der Waals surface area contributed by atoms with E-state index in [9.17, 15) is 0 Å². The molecule has 46 heavy (non-hydrogen) atoms. The van der Waals surface area contributed by atoms with Gasteiger partial charge in [0.1, 0.15) is 0 Å². The summed E-state index contributed by atoms with van der Waals surface area (Å²) in [6.45, 7) is 4.30. The molecule has 0 bridgehead atoms. The second-order valence-electron chi connectivity index (χ2n) is 11.9. The number of hydrogen-bond acceptors (Lipinski definition) is 3. The van der Waals surface area contributed by atoms with Gasteiger partial charge in [0.25, 0.3) is 0 Å². The molecule has 6 aromatic carbocycles. The molecule has 9 aromatic rings. The molecule has 0 aliphatic heterocycles. The van der Waals surface area contributed by atoms with E-state index >= 15 is 0 Å². The molecule has 0 saturated heterocycles. The highest BCUT2D eigenvalue weighted by atomic mass is 15.2. The molecule has 0 spiro atoms. The van der Waals surface area contributed by atoms with Gasteiger partial charge in [-0.1, -0.05) is 109 Å². The lowest BCUT2D eigenvalue weighted by molar-refractivity contribution is 0.953. The molecule has 5 nitrogen and oxygen atoms in total. The fourth-order valence-corrected chi connectivity index (χ4v) is 6.78. The molecule has 5 heteroatoms. The van der Waals surface area contributed by atoms with Crippen molar-refractivity contribution in [3.05, 3.63) is 151 Å². The van der Waals surface area contributed by atoms with Crippen LogP contribution in [0.3, 0.4) is 0 Å². The van der Waals surface area contributed by atoms with E-state index in [4.69, 9.17) is 15.0 Å². The van der Waals surface area contributed by atoms with Crippen molar-refractivity contribution in [2.75, 3.05) is 0 Å². The summed E-state index contributed by atoms with van der Waals surface area (Å²) in [4.78, 5) is 15.3. The van der Waals surface area contributed by atoms with E-state index < -0.39 is 0 Å². The number of benzene rings is 6. The maximum atomic E-state index is 5.15. The predicted molar refractivity (Wildman–Crippen MR) is 189 cm³/mol. The van der Waals surface area contributed by atoms with E-state index in [-0.39, 0.29) is 0 Å². The lowest BCUT2D eigenvalue weighted by Gasteiger charge is -2.11. The summed E-state index contributed by atoms with van der Waals surface area (Å²) in [6.07, 6.45) is 0. The standard InChI is InChI=1S/C41H29N5/c1-26-18-20-31-32-22-23-34-37(38(32)45(35(31)24-26)30-16-10-5-11-17-30)33-21-19-27(2)25-36(33)46(34)41-43-39(28-12-6-3-7-13-28)42-40(44-41)29-14-8-4-9-15-29/h3-25H,1-2H3. The molecule has 0 amide bonds. The Bertz CT molecular complexity index is 2520. The molecule has 0 aliphatic rings. The Morgan fingerprint density at radius 2 is 0.957 bits per heavy atom. The van der Waals surface area contributed by atoms with Crippen LogP contribution in [-0.4, -0.2) is 24.1 Å². The molecule has 0 radical (unpaired) electrons. The predicted octanol–water partition coefficient (Wildman–Crippen LogP) is 10.0. The van der Waals surface area contributed by atoms with Crippen LogP contribution in [0, 0.1) is 13.8 Å². The molecule has 0 atom stereocenters. The Kier molecular flexibility index (Phi) is 5.87. The van der Waals surface area contributed by atoms with Gasteiger partial charge in [-0.3, -0.25) is 4.57 Å². The van der Waals surface area contributed by atoms with Crippen molar-refractivity contribution in [3.63, 3.8) is 0 Å². The van der Waals surface area contributed by atoms with E-state index in [1.54, 1.807) is 0 Å². The van der Waals surface area contributed by atoms with Crippen LogP contribution < -0.4 is 0 Å². The highest BCUT2D eigenvalue weighted by Crippen LogP contribution is 2.42. The summed E-state index contributed by atoms with van der Waals surface area (Å²) in [5.74, 6) is 1.87. The van der Waals surface area contributed by atoms with Crippen molar-refractivity contribution in [1.29, 1.82) is 0 Å². The maximum absolute atomic E-state index is 5.15. The van der Waals surface area contributed by atoms with Gasteiger partial charge in [0.15, 0.2) is 11.6 Å². The van der Waals surface area contributed by atoms with Gasteiger partial charge in [-0.15, -0.1) is 0 Å². The van der Waals surface area contributed by atoms with Gasteiger partial charge in [0.2, 0.25) is 5.95 Å². The summed E-state index contributed by atoms with van der Waals surface area (Å²) in [6, 6.07) is 48.9. The van der Waals surface area contributed by atoms with Gasteiger partial charge in [-0.2, -0.15) is 9.97 Å². The van der Waals surface area contributed by atoms with Crippen LogP contribution in [0.1, 0.15) is 11.1 Å². The van der Waals surface area contributed by atoms with Crippen molar-refractivity contribution in [2.24, 2.45) is 0 Å². The molecule has 3 heterocycles. The molecular formula is C41H29N5. The monoisotopic (exact) mass is 591 g/mol. The molecule has 9 rings (SSSR count). The van der Waals surface area contributed by atoms with Crippen LogP contribution in [-0.2, 0) is 0 Å². The molecular weight excluding hydrogens is 562 g/mol. The maximum Gasteiger partial charge on any atom is 0.238 e. The number of rotatable bonds is 4. The number of hydrogen-bond donors (Lipinski definition) is 0. The van der Waals surface area contributed by atoms with Crippen molar-refractivity contribution < 1.29 is 0 Å². The first-order valence-corrected chi connectivity index (χ1v) is 15.6. The van der Waals surface area contributed by atoms with Crippen LogP contribution in [0.4, 0.5) is 0 Å². The van der Waals surface area contributed by atoms with Crippen LogP contribution in [0.15, 0.2) is 140 Å². The van der Waals surface area contributed by atoms with E-state index in [1.807, 2.05) is 60.7 Å². The smallest absolute Gasteiger partial charge is 0.238 e. The van der Waals surface area contributed by atoms with E-state index in [0.29, 0.717) is 17.6 Å². The fourth-order valence-electron chi connectivity index (χ4n) is 6.78. The average molecular weight is 592 g/mol. The normalized spacial score (nSPS) is 11.7. The van der Waals surface area contributed by atoms with Gasteiger partial charge in [0, 0.05) is 38.4 Å². The minimum absolute atomic E-state index is 0.593. The molecule has 3 aromatic heterocycles. The Morgan fingerprint density at radius 3 is 1.57 bits per heavy atom. The summed E-state index contributed by atoms with van der Waals surface area (Å²) in [7, 11) is 0. The summed E-state index contributed by atoms with van der Waals surface area (Å²) in [5.41, 5.74) is 9.91. The number of aromatic nitrogens is 5. The van der Waals surface area contributed by atoms with Gasteiger partial charge in [-0.05, 0) is 55.3 Å². The number of fused-ring (bicyclic) bond motifs is 7. The summed E-state index contributed by atoms with van der Waals surface area (Å²) >= 11 is 0. The highest BCUT2D eigenvalue weighted by Gasteiger charge is 2.23. The first-order chi connectivity index (χ1) is 22.6. The Balaban J connectivity index is 1.45. The van der Waals surface area contributed by atoms with Gasteiger partial charge in [0.05, 0.1) is 22.1 Å². The lowest BCUT2D eigenvalue weighted by Crippen LogP contribution is -2.06. The summed E-state index contributed by atoms with van der Waals surface area (Å²) in [5, 5.41) is 4.79. The van der Waals surface area contributed by atoms with Gasteiger partial charge < -0.3 is 4.57 Å². The third-order valence-corrected chi connectivity index (χ3v) is 8.87. The zero-order valence-corrected chi connectivity index (χ0v) is 25.5.